The quantitative estimate of drug-likeness (QED) is 0.0699. The molecule has 0 heterocycles. The third-order valence-corrected chi connectivity index (χ3v) is 6.62. The van der Waals surface area contributed by atoms with Gasteiger partial charge < -0.3 is 29.8 Å². The van der Waals surface area contributed by atoms with Gasteiger partial charge in [0.2, 0.25) is 0 Å². The molecule has 0 rings (SSSR count). The smallest absolute Gasteiger partial charge is 0.385 e. The highest BCUT2D eigenvalue weighted by molar-refractivity contribution is 5.90. The Labute approximate surface area is 417 Å². The van der Waals surface area contributed by atoms with Gasteiger partial charge in [0.05, 0.1) is 6.61 Å². The fourth-order valence-corrected chi connectivity index (χ4v) is 3.98. The molecule has 11 heteroatoms. The molecule has 0 fully saturated rings. The van der Waals surface area contributed by atoms with Crippen molar-refractivity contribution in [2.24, 2.45) is 5.73 Å². The van der Waals surface area contributed by atoms with E-state index in [1.54, 1.807) is 25.7 Å². The lowest BCUT2D eigenvalue weighted by Crippen LogP contribution is -2.43. The molecule has 3 atom stereocenters. The van der Waals surface area contributed by atoms with Gasteiger partial charge in [-0.2, -0.15) is 0 Å². The van der Waals surface area contributed by atoms with Crippen LogP contribution in [0.1, 0.15) is 47.0 Å². The summed E-state index contributed by atoms with van der Waals surface area (Å²) in [6.45, 7) is 5.67. The zero-order valence-corrected chi connectivity index (χ0v) is 38.8. The maximum Gasteiger partial charge on any atom is 0.385 e. The van der Waals surface area contributed by atoms with Gasteiger partial charge in [-0.1, -0.05) is 18.3 Å². The molecule has 11 nitrogen and oxygen atoms in total. The Morgan fingerprint density at radius 3 is 1.21 bits per heavy atom. The van der Waals surface area contributed by atoms with E-state index in [1.807, 2.05) is 0 Å². The number of nitrogens with zero attached hydrogens (tertiary/aromatic N) is 1. The van der Waals surface area contributed by atoms with Crippen LogP contribution in [0.15, 0.2) is 0 Å². The Hall–Kier alpha value is -11.0. The average Bonchev–Trinajstić information content (AvgIpc) is 3.35. The first-order chi connectivity index (χ1) is 34.6. The van der Waals surface area contributed by atoms with Crippen LogP contribution in [-0.4, -0.2) is 91.6 Å². The molecule has 0 aliphatic rings. The summed E-state index contributed by atoms with van der Waals surface area (Å²) in [6.07, 6.45) is -1.06. The molecule has 3 unspecified atom stereocenters. The Morgan fingerprint density at radius 2 is 0.845 bits per heavy atom. The standard InChI is InChI=1S/C60H36N2O9/c1-5-8-10-12-14-16-18-20-22-24-26-28-30-32-34-36-38-40-42-47-58(65)70-53-56(51-62(50-55(64)52-69-54(4)63)49-45-44-46-57(61)60(67)68-7-3)71-59(66)48-43-41-39-37-35-33-31-29-27-25-23-21-19-17-15-13-11-9-6-2/h55-57,64H,7,44-46,49-53,61H2,1-4H3. The van der Waals surface area contributed by atoms with E-state index in [0.717, 1.165) is 0 Å². The number of aliphatic hydroxyl groups excluding tert-OH is 1. The number of hydrogen-bond donors (Lipinski definition) is 2. The molecule has 0 bridgehead atoms. The van der Waals surface area contributed by atoms with E-state index in [1.165, 1.54) is 6.92 Å². The molecule has 0 aromatic heterocycles. The Bertz CT molecular complexity index is 3340. The summed E-state index contributed by atoms with van der Waals surface area (Å²) in [7, 11) is 0. The first-order valence-electron chi connectivity index (χ1n) is 20.3. The minimum Gasteiger partial charge on any atom is -0.465 e. The first kappa shape index (κ1) is 60.0. The second kappa shape index (κ2) is 45.5. The highest BCUT2D eigenvalue weighted by Gasteiger charge is 2.23. The molecule has 3 N–H and O–H groups in total. The Kier molecular flexibility index (Phi) is 38.4. The van der Waals surface area contributed by atoms with Crippen LogP contribution in [0.25, 0.3) is 0 Å². The molecule has 0 aliphatic carbocycles. The maximum absolute atomic E-state index is 12.8. The average molecular weight is 929 g/mol. The number of carbonyl (C=O) groups excluding carboxylic acids is 4. The summed E-state index contributed by atoms with van der Waals surface area (Å²) in [5, 5.41) is 10.6. The van der Waals surface area contributed by atoms with Gasteiger partial charge in [0.1, 0.15) is 31.5 Å². The number of carbonyl (C=O) groups is 4. The van der Waals surface area contributed by atoms with Crippen LogP contribution in [0.4, 0.5) is 0 Å². The van der Waals surface area contributed by atoms with E-state index < -0.39 is 48.7 Å². The lowest BCUT2D eigenvalue weighted by Gasteiger charge is -2.28. The number of rotatable bonds is 16. The van der Waals surface area contributed by atoms with E-state index >= 15 is 0 Å². The van der Waals surface area contributed by atoms with Crippen molar-refractivity contribution >= 4 is 23.9 Å². The number of ether oxygens (including phenoxy) is 4. The van der Waals surface area contributed by atoms with Crippen LogP contribution >= 0.6 is 0 Å². The normalized spacial score (nSPS) is 8.27. The van der Waals surface area contributed by atoms with Crippen molar-refractivity contribution in [3.8, 4) is 237 Å². The highest BCUT2D eigenvalue weighted by atomic mass is 16.6. The van der Waals surface area contributed by atoms with Gasteiger partial charge in [0.25, 0.3) is 0 Å². The predicted octanol–water partition coefficient (Wildman–Crippen LogP) is -0.164. The van der Waals surface area contributed by atoms with Crippen LogP contribution in [0.2, 0.25) is 0 Å². The van der Waals surface area contributed by atoms with E-state index in [2.05, 4.69) is 237 Å². The number of unbranched alkanes of at least 4 members (excludes halogenated alkanes) is 1. The molecule has 0 aromatic rings. The van der Waals surface area contributed by atoms with Crippen LogP contribution < -0.4 is 5.73 Å². The molecule has 71 heavy (non-hydrogen) atoms. The zero-order valence-electron chi connectivity index (χ0n) is 38.8. The van der Waals surface area contributed by atoms with Crippen LogP contribution in [-0.2, 0) is 38.1 Å². The molecule has 0 saturated carbocycles. The number of esters is 4. The van der Waals surface area contributed by atoms with Crippen molar-refractivity contribution in [1.82, 2.24) is 4.90 Å². The second-order valence-electron chi connectivity index (χ2n) is 11.9. The molecule has 340 valence electrons. The minimum atomic E-state index is -1.16. The number of aliphatic hydroxyl groups is 1. The molecular formula is C60H36N2O9. The number of nitrogens with two attached hydrogens (primary N) is 1. The van der Waals surface area contributed by atoms with Crippen molar-refractivity contribution in [2.45, 2.75) is 65.2 Å². The van der Waals surface area contributed by atoms with Crippen molar-refractivity contribution in [3.05, 3.63) is 0 Å². The van der Waals surface area contributed by atoms with Crippen LogP contribution in [0.3, 0.4) is 0 Å². The fourth-order valence-electron chi connectivity index (χ4n) is 3.98. The van der Waals surface area contributed by atoms with Gasteiger partial charge >= 0.3 is 23.9 Å². The zero-order chi connectivity index (χ0) is 52.1. The topological polar surface area (TPSA) is 155 Å². The van der Waals surface area contributed by atoms with E-state index in [4.69, 9.17) is 24.7 Å². The van der Waals surface area contributed by atoms with Gasteiger partial charge in [0, 0.05) is 55.5 Å². The summed E-state index contributed by atoms with van der Waals surface area (Å²) in [5.74, 6) is 94.9. The maximum atomic E-state index is 12.8. The summed E-state index contributed by atoms with van der Waals surface area (Å²) in [5.41, 5.74) is 5.92. The highest BCUT2D eigenvalue weighted by Crippen LogP contribution is 2.08. The van der Waals surface area contributed by atoms with E-state index in [9.17, 15) is 24.3 Å². The van der Waals surface area contributed by atoms with Gasteiger partial charge in [-0.05, 0) is 230 Å². The lowest BCUT2D eigenvalue weighted by atomic mass is 10.1. The summed E-state index contributed by atoms with van der Waals surface area (Å²) < 4.78 is 20.6. The first-order valence-corrected chi connectivity index (χ1v) is 20.3. The van der Waals surface area contributed by atoms with E-state index in [-0.39, 0.29) is 32.8 Å². The SMILES string of the molecule is CC#CC#CC#CC#CC#CC#CC#CC#CC#CC#CC(=O)OCC(CN(CCCCC(N)C(=O)OCC)CC(O)COC(C)=O)OC(=O)C#CC#CC#CC#CC#CC#CC#CC#CC#CC#CC. The largest absolute Gasteiger partial charge is 0.465 e. The van der Waals surface area contributed by atoms with Gasteiger partial charge in [-0.3, -0.25) is 14.5 Å². The minimum absolute atomic E-state index is 0.0619. The van der Waals surface area contributed by atoms with Crippen molar-refractivity contribution in [1.29, 1.82) is 0 Å². The van der Waals surface area contributed by atoms with Crippen LogP contribution in [0.5, 0.6) is 0 Å². The second-order valence-corrected chi connectivity index (χ2v) is 11.9. The monoisotopic (exact) mass is 928 g/mol. The molecule has 0 aliphatic heterocycles. The third-order valence-electron chi connectivity index (χ3n) is 6.62. The van der Waals surface area contributed by atoms with Gasteiger partial charge in [-0.25, -0.2) is 9.59 Å². The van der Waals surface area contributed by atoms with E-state index in [0.29, 0.717) is 19.3 Å². The molecule has 0 amide bonds. The molecule has 0 aromatic carbocycles. The molecule has 0 saturated heterocycles. The summed E-state index contributed by atoms with van der Waals surface area (Å²) in [4.78, 5) is 50.3. The summed E-state index contributed by atoms with van der Waals surface area (Å²) >= 11 is 0. The van der Waals surface area contributed by atoms with Gasteiger partial charge in [-0.15, -0.1) is 0 Å². The van der Waals surface area contributed by atoms with Crippen molar-refractivity contribution < 1.29 is 43.2 Å². The molecule has 0 spiro atoms. The Balaban J connectivity index is 5.99. The van der Waals surface area contributed by atoms with Crippen LogP contribution in [0, 0.1) is 237 Å². The van der Waals surface area contributed by atoms with Crippen molar-refractivity contribution in [3.63, 3.8) is 0 Å². The molecule has 0 radical (unpaired) electrons. The predicted molar refractivity (Wildman–Crippen MR) is 265 cm³/mol. The third kappa shape index (κ3) is 42.7. The van der Waals surface area contributed by atoms with Gasteiger partial charge in [0.15, 0.2) is 0 Å². The Morgan fingerprint density at radius 1 is 0.479 bits per heavy atom. The lowest BCUT2D eigenvalue weighted by molar-refractivity contribution is -0.153. The van der Waals surface area contributed by atoms with Crippen molar-refractivity contribution in [2.75, 3.05) is 39.5 Å². The fraction of sp³-hybridized carbons (Fsp3) is 0.267. The summed E-state index contributed by atoms with van der Waals surface area (Å²) in [6, 6.07) is -0.836. The molecular weight excluding hydrogens is 893 g/mol. The number of hydrogen-bond acceptors (Lipinski definition) is 11.